The molecular formula is C22H22N2O6S. The van der Waals surface area contributed by atoms with Crippen molar-refractivity contribution in [2.75, 3.05) is 18.2 Å². The SMILES string of the molecule is COc1cccc(-c2nc(CS(=O)(=O)CC(=O)Nc3cccc(C(C)=O)c3)c(C)o2)c1. The fourth-order valence-electron chi connectivity index (χ4n) is 2.91. The third-order valence-electron chi connectivity index (χ3n) is 4.47. The summed E-state index contributed by atoms with van der Waals surface area (Å²) in [5.41, 5.74) is 1.66. The average Bonchev–Trinajstić information content (AvgIpc) is 3.07. The zero-order valence-corrected chi connectivity index (χ0v) is 18.2. The summed E-state index contributed by atoms with van der Waals surface area (Å²) in [5, 5.41) is 2.51. The third-order valence-corrected chi connectivity index (χ3v) is 5.89. The summed E-state index contributed by atoms with van der Waals surface area (Å²) in [4.78, 5) is 28.0. The van der Waals surface area contributed by atoms with Crippen molar-refractivity contribution >= 4 is 27.2 Å². The number of anilines is 1. The first-order chi connectivity index (χ1) is 14.7. The van der Waals surface area contributed by atoms with Gasteiger partial charge in [-0.05, 0) is 44.2 Å². The maximum absolute atomic E-state index is 12.6. The lowest BCUT2D eigenvalue weighted by Crippen LogP contribution is -2.24. The fraction of sp³-hybridized carbons (Fsp3) is 0.227. The number of carbonyl (C=O) groups excluding carboxylic acids is 2. The summed E-state index contributed by atoms with van der Waals surface area (Å²) in [6.45, 7) is 3.03. The molecule has 31 heavy (non-hydrogen) atoms. The smallest absolute Gasteiger partial charge is 0.239 e. The van der Waals surface area contributed by atoms with E-state index < -0.39 is 27.3 Å². The number of benzene rings is 2. The summed E-state index contributed by atoms with van der Waals surface area (Å²) in [5.74, 6) is -0.770. The van der Waals surface area contributed by atoms with Crippen LogP contribution in [-0.4, -0.2) is 38.0 Å². The average molecular weight is 442 g/mol. The van der Waals surface area contributed by atoms with Crippen molar-refractivity contribution in [3.8, 4) is 17.2 Å². The molecule has 0 fully saturated rings. The molecule has 1 heterocycles. The van der Waals surface area contributed by atoms with Crippen LogP contribution in [0.5, 0.6) is 5.75 Å². The molecule has 0 atom stereocenters. The number of hydrogen-bond donors (Lipinski definition) is 1. The summed E-state index contributed by atoms with van der Waals surface area (Å²) in [6.07, 6.45) is 0. The molecule has 0 radical (unpaired) electrons. The Morgan fingerprint density at radius 2 is 1.87 bits per heavy atom. The Kier molecular flexibility index (Phi) is 6.55. The Hall–Kier alpha value is -3.46. The molecule has 2 aromatic carbocycles. The zero-order chi connectivity index (χ0) is 22.6. The number of nitrogens with one attached hydrogen (secondary N) is 1. The lowest BCUT2D eigenvalue weighted by molar-refractivity contribution is -0.113. The van der Waals surface area contributed by atoms with Gasteiger partial charge in [-0.2, -0.15) is 0 Å². The highest BCUT2D eigenvalue weighted by atomic mass is 32.2. The predicted octanol–water partition coefficient (Wildman–Crippen LogP) is 3.41. The van der Waals surface area contributed by atoms with Crippen LogP contribution < -0.4 is 10.1 Å². The number of carbonyl (C=O) groups is 2. The molecule has 0 bridgehead atoms. The molecule has 3 aromatic rings. The van der Waals surface area contributed by atoms with Crippen LogP contribution in [0.2, 0.25) is 0 Å². The number of Topliss-reactive ketones (excluding diaryl/α,β-unsaturated/α-hetero) is 1. The Bertz CT molecular complexity index is 1230. The molecule has 0 unspecified atom stereocenters. The van der Waals surface area contributed by atoms with Crippen molar-refractivity contribution in [3.63, 3.8) is 0 Å². The monoisotopic (exact) mass is 442 g/mol. The number of oxazole rings is 1. The summed E-state index contributed by atoms with van der Waals surface area (Å²) in [7, 11) is -2.27. The van der Waals surface area contributed by atoms with E-state index in [1.807, 2.05) is 0 Å². The second-order valence-corrected chi connectivity index (χ2v) is 9.04. The van der Waals surface area contributed by atoms with Crippen molar-refractivity contribution in [1.82, 2.24) is 4.98 Å². The van der Waals surface area contributed by atoms with Gasteiger partial charge in [0.15, 0.2) is 15.6 Å². The Morgan fingerprint density at radius 3 is 2.58 bits per heavy atom. The van der Waals surface area contributed by atoms with E-state index in [2.05, 4.69) is 10.3 Å². The first kappa shape index (κ1) is 22.2. The summed E-state index contributed by atoms with van der Waals surface area (Å²) < 4.78 is 35.9. The first-order valence-electron chi connectivity index (χ1n) is 9.39. The van der Waals surface area contributed by atoms with Gasteiger partial charge in [-0.1, -0.05) is 18.2 Å². The lowest BCUT2D eigenvalue weighted by atomic mass is 10.1. The zero-order valence-electron chi connectivity index (χ0n) is 17.3. The van der Waals surface area contributed by atoms with Gasteiger partial charge in [-0.15, -0.1) is 0 Å². The van der Waals surface area contributed by atoms with Gasteiger partial charge < -0.3 is 14.5 Å². The number of ether oxygens (including phenoxy) is 1. The minimum atomic E-state index is -3.81. The van der Waals surface area contributed by atoms with E-state index in [1.54, 1.807) is 56.5 Å². The molecule has 9 heteroatoms. The second kappa shape index (κ2) is 9.13. The Balaban J connectivity index is 1.70. The van der Waals surface area contributed by atoms with Crippen molar-refractivity contribution < 1.29 is 27.2 Å². The topological polar surface area (TPSA) is 116 Å². The first-order valence-corrected chi connectivity index (χ1v) is 11.2. The molecule has 0 aliphatic carbocycles. The van der Waals surface area contributed by atoms with Crippen LogP contribution in [-0.2, 0) is 20.4 Å². The van der Waals surface area contributed by atoms with E-state index in [4.69, 9.17) is 9.15 Å². The van der Waals surface area contributed by atoms with Gasteiger partial charge in [0.2, 0.25) is 11.8 Å². The molecule has 8 nitrogen and oxygen atoms in total. The van der Waals surface area contributed by atoms with Gasteiger partial charge in [0.25, 0.3) is 0 Å². The van der Waals surface area contributed by atoms with Gasteiger partial charge in [0.1, 0.15) is 17.3 Å². The number of rotatable bonds is 8. The predicted molar refractivity (Wildman–Crippen MR) is 116 cm³/mol. The number of amides is 1. The van der Waals surface area contributed by atoms with E-state index in [0.717, 1.165) is 0 Å². The van der Waals surface area contributed by atoms with Crippen LogP contribution in [0.3, 0.4) is 0 Å². The highest BCUT2D eigenvalue weighted by Crippen LogP contribution is 2.26. The molecule has 162 valence electrons. The Labute approximate surface area is 180 Å². The van der Waals surface area contributed by atoms with Gasteiger partial charge in [-0.25, -0.2) is 13.4 Å². The normalized spacial score (nSPS) is 11.2. The Morgan fingerprint density at radius 1 is 1.13 bits per heavy atom. The molecule has 0 spiro atoms. The number of nitrogens with zero attached hydrogens (tertiary/aromatic N) is 1. The number of aryl methyl sites for hydroxylation is 1. The van der Waals surface area contributed by atoms with E-state index >= 15 is 0 Å². The quantitative estimate of drug-likeness (QED) is 0.532. The highest BCUT2D eigenvalue weighted by molar-refractivity contribution is 7.91. The van der Waals surface area contributed by atoms with Crippen LogP contribution in [0.25, 0.3) is 11.5 Å². The van der Waals surface area contributed by atoms with E-state index in [9.17, 15) is 18.0 Å². The molecule has 0 aliphatic rings. The highest BCUT2D eigenvalue weighted by Gasteiger charge is 2.22. The molecule has 1 amide bonds. The number of hydrogen-bond acceptors (Lipinski definition) is 7. The van der Waals surface area contributed by atoms with Crippen LogP contribution in [0, 0.1) is 6.92 Å². The van der Waals surface area contributed by atoms with Crippen LogP contribution in [0.4, 0.5) is 5.69 Å². The van der Waals surface area contributed by atoms with Crippen LogP contribution in [0.1, 0.15) is 28.7 Å². The van der Waals surface area contributed by atoms with E-state index in [0.29, 0.717) is 28.3 Å². The van der Waals surface area contributed by atoms with E-state index in [-0.39, 0.29) is 17.4 Å². The van der Waals surface area contributed by atoms with Crippen LogP contribution in [0.15, 0.2) is 52.9 Å². The molecule has 3 rings (SSSR count). The summed E-state index contributed by atoms with van der Waals surface area (Å²) in [6, 6.07) is 13.3. The molecule has 0 saturated carbocycles. The lowest BCUT2D eigenvalue weighted by Gasteiger charge is -2.07. The summed E-state index contributed by atoms with van der Waals surface area (Å²) >= 11 is 0. The molecule has 0 aliphatic heterocycles. The molecular weight excluding hydrogens is 420 g/mol. The number of methoxy groups -OCH3 is 1. The van der Waals surface area contributed by atoms with Gasteiger partial charge in [0, 0.05) is 16.8 Å². The number of aromatic nitrogens is 1. The van der Waals surface area contributed by atoms with Gasteiger partial charge >= 0.3 is 0 Å². The third kappa shape index (κ3) is 5.79. The van der Waals surface area contributed by atoms with Crippen LogP contribution >= 0.6 is 0 Å². The van der Waals surface area contributed by atoms with Crippen molar-refractivity contribution in [3.05, 3.63) is 65.5 Å². The maximum atomic E-state index is 12.6. The number of sulfone groups is 1. The standard InChI is InChI=1S/C22H22N2O6S/c1-14(25)16-6-4-8-18(10-16)23-21(26)13-31(27,28)12-20-15(2)30-22(24-20)17-7-5-9-19(11-17)29-3/h4-11H,12-13H2,1-3H3,(H,23,26). The maximum Gasteiger partial charge on any atom is 0.239 e. The largest absolute Gasteiger partial charge is 0.497 e. The molecule has 0 saturated heterocycles. The van der Waals surface area contributed by atoms with Gasteiger partial charge in [0.05, 0.1) is 18.6 Å². The van der Waals surface area contributed by atoms with Gasteiger partial charge in [-0.3, -0.25) is 9.59 Å². The number of ketones is 1. The van der Waals surface area contributed by atoms with Crippen molar-refractivity contribution in [2.45, 2.75) is 19.6 Å². The second-order valence-electron chi connectivity index (χ2n) is 6.97. The van der Waals surface area contributed by atoms with Crippen molar-refractivity contribution in [1.29, 1.82) is 0 Å². The van der Waals surface area contributed by atoms with Crippen molar-refractivity contribution in [2.24, 2.45) is 0 Å². The molecule has 1 aromatic heterocycles. The van der Waals surface area contributed by atoms with E-state index in [1.165, 1.54) is 13.0 Å². The molecule has 1 N–H and O–H groups in total. The minimum absolute atomic E-state index is 0.155. The minimum Gasteiger partial charge on any atom is -0.497 e. The fourth-order valence-corrected chi connectivity index (χ4v) is 4.17.